The van der Waals surface area contributed by atoms with E-state index in [0.29, 0.717) is 23.7 Å². The Bertz CT molecular complexity index is 895. The van der Waals surface area contributed by atoms with E-state index < -0.39 is 11.7 Å². The molecule has 0 radical (unpaired) electrons. The second kappa shape index (κ2) is 6.72. The zero-order chi connectivity index (χ0) is 18.1. The molecule has 0 unspecified atom stereocenters. The maximum absolute atomic E-state index is 13.2. The monoisotopic (exact) mass is 360 g/mol. The Morgan fingerprint density at radius 2 is 1.85 bits per heavy atom. The fourth-order valence-electron chi connectivity index (χ4n) is 3.74. The normalized spacial score (nSPS) is 17.0. The van der Waals surface area contributed by atoms with E-state index in [1.54, 1.807) is 18.3 Å². The van der Waals surface area contributed by atoms with Gasteiger partial charge in [-0.3, -0.25) is 10.00 Å². The molecule has 4 rings (SSSR count). The zero-order valence-corrected chi connectivity index (χ0v) is 14.1. The van der Waals surface area contributed by atoms with Crippen LogP contribution in [0.4, 0.5) is 13.2 Å². The summed E-state index contributed by atoms with van der Waals surface area (Å²) >= 11 is 0. The van der Waals surface area contributed by atoms with Crippen LogP contribution < -0.4 is 0 Å². The quantitative estimate of drug-likeness (QED) is 0.755. The van der Waals surface area contributed by atoms with E-state index in [9.17, 15) is 13.2 Å². The van der Waals surface area contributed by atoms with Crippen LogP contribution in [-0.4, -0.2) is 33.2 Å². The SMILES string of the molecule is FC(F)(F)c1ccccc1CN1CCC(c2[nH]nc3ncccc23)CC1. The van der Waals surface area contributed by atoms with Crippen LogP contribution in [0.2, 0.25) is 0 Å². The summed E-state index contributed by atoms with van der Waals surface area (Å²) < 4.78 is 39.5. The Morgan fingerprint density at radius 1 is 1.08 bits per heavy atom. The topological polar surface area (TPSA) is 44.8 Å². The Balaban J connectivity index is 1.45. The van der Waals surface area contributed by atoms with Crippen molar-refractivity contribution in [2.45, 2.75) is 31.5 Å². The van der Waals surface area contributed by atoms with Crippen molar-refractivity contribution >= 4 is 11.0 Å². The van der Waals surface area contributed by atoms with Crippen molar-refractivity contribution < 1.29 is 13.2 Å². The molecule has 0 aliphatic carbocycles. The molecule has 0 spiro atoms. The third-order valence-electron chi connectivity index (χ3n) is 5.07. The van der Waals surface area contributed by atoms with Crippen molar-refractivity contribution in [2.24, 2.45) is 0 Å². The van der Waals surface area contributed by atoms with E-state index in [-0.39, 0.29) is 0 Å². The molecular formula is C19H19F3N4. The van der Waals surface area contributed by atoms with Gasteiger partial charge in [0.2, 0.25) is 0 Å². The predicted molar refractivity (Wildman–Crippen MR) is 92.6 cm³/mol. The standard InChI is InChI=1S/C19H19F3N4/c20-19(21,22)16-6-2-1-4-14(16)12-26-10-7-13(8-11-26)17-15-5-3-9-23-18(15)25-24-17/h1-6,9,13H,7-8,10-12H2,(H,23,24,25). The third kappa shape index (κ3) is 3.31. The molecule has 26 heavy (non-hydrogen) atoms. The molecule has 2 aromatic heterocycles. The molecule has 3 aromatic rings. The number of hydrogen-bond acceptors (Lipinski definition) is 3. The summed E-state index contributed by atoms with van der Waals surface area (Å²) in [6.07, 6.45) is -0.814. The van der Waals surface area contributed by atoms with Gasteiger partial charge in [-0.15, -0.1) is 0 Å². The van der Waals surface area contributed by atoms with Crippen LogP contribution in [0.3, 0.4) is 0 Å². The number of H-pyrrole nitrogens is 1. The highest BCUT2D eigenvalue weighted by atomic mass is 19.4. The molecule has 3 heterocycles. The summed E-state index contributed by atoms with van der Waals surface area (Å²) in [5, 5.41) is 8.38. The number of halogens is 3. The predicted octanol–water partition coefficient (Wildman–Crippen LogP) is 4.36. The van der Waals surface area contributed by atoms with Crippen molar-refractivity contribution in [3.05, 3.63) is 59.4 Å². The summed E-state index contributed by atoms with van der Waals surface area (Å²) in [6.45, 7) is 1.85. The molecule has 136 valence electrons. The summed E-state index contributed by atoms with van der Waals surface area (Å²) in [5.74, 6) is 0.332. The number of rotatable bonds is 3. The van der Waals surface area contributed by atoms with Gasteiger partial charge in [0.15, 0.2) is 5.65 Å². The minimum atomic E-state index is -4.31. The molecule has 1 fully saturated rings. The number of aromatic nitrogens is 3. The van der Waals surface area contributed by atoms with Gasteiger partial charge >= 0.3 is 6.18 Å². The molecule has 1 aliphatic rings. The van der Waals surface area contributed by atoms with Crippen molar-refractivity contribution in [2.75, 3.05) is 13.1 Å². The molecule has 1 aromatic carbocycles. The van der Waals surface area contributed by atoms with Crippen molar-refractivity contribution in [3.63, 3.8) is 0 Å². The molecule has 1 aliphatic heterocycles. The van der Waals surface area contributed by atoms with Crippen molar-refractivity contribution in [1.29, 1.82) is 0 Å². The Hall–Kier alpha value is -2.41. The number of piperidine rings is 1. The van der Waals surface area contributed by atoms with Gasteiger partial charge < -0.3 is 0 Å². The number of pyridine rings is 1. The fourth-order valence-corrected chi connectivity index (χ4v) is 3.74. The van der Waals surface area contributed by atoms with Crippen LogP contribution in [0.15, 0.2) is 42.6 Å². The van der Waals surface area contributed by atoms with E-state index >= 15 is 0 Å². The lowest BCUT2D eigenvalue weighted by molar-refractivity contribution is -0.138. The summed E-state index contributed by atoms with van der Waals surface area (Å²) in [5.41, 5.74) is 1.61. The number of aromatic amines is 1. The van der Waals surface area contributed by atoms with Gasteiger partial charge in [0, 0.05) is 29.7 Å². The molecule has 4 nitrogen and oxygen atoms in total. The summed E-state index contributed by atoms with van der Waals surface area (Å²) in [6, 6.07) is 9.74. The molecule has 0 amide bonds. The first-order chi connectivity index (χ1) is 12.5. The molecule has 7 heteroatoms. The number of nitrogens with zero attached hydrogens (tertiary/aromatic N) is 3. The third-order valence-corrected chi connectivity index (χ3v) is 5.07. The van der Waals surface area contributed by atoms with Gasteiger partial charge in [-0.1, -0.05) is 18.2 Å². The number of likely N-dealkylation sites (tertiary alicyclic amines) is 1. The van der Waals surface area contributed by atoms with Gasteiger partial charge in [-0.2, -0.15) is 18.3 Å². The number of hydrogen-bond donors (Lipinski definition) is 1. The number of nitrogens with one attached hydrogen (secondary N) is 1. The average molecular weight is 360 g/mol. The Kier molecular flexibility index (Phi) is 4.40. The number of alkyl halides is 3. The van der Waals surface area contributed by atoms with Crippen LogP contribution in [0.25, 0.3) is 11.0 Å². The Labute approximate surface area is 149 Å². The minimum absolute atomic E-state index is 0.327. The first kappa shape index (κ1) is 17.0. The van der Waals surface area contributed by atoms with Gasteiger partial charge in [0.1, 0.15) is 0 Å². The zero-order valence-electron chi connectivity index (χ0n) is 14.1. The molecule has 1 N–H and O–H groups in total. The lowest BCUT2D eigenvalue weighted by Crippen LogP contribution is -2.33. The maximum atomic E-state index is 13.2. The van der Waals surface area contributed by atoms with Crippen molar-refractivity contribution in [3.8, 4) is 0 Å². The minimum Gasteiger partial charge on any atom is -0.299 e. The highest BCUT2D eigenvalue weighted by molar-refractivity contribution is 5.77. The van der Waals surface area contributed by atoms with E-state index in [0.717, 1.165) is 43.1 Å². The van der Waals surface area contributed by atoms with E-state index in [4.69, 9.17) is 0 Å². The van der Waals surface area contributed by atoms with Crippen LogP contribution in [0.1, 0.15) is 35.6 Å². The lowest BCUT2D eigenvalue weighted by Gasteiger charge is -2.32. The van der Waals surface area contributed by atoms with E-state index in [2.05, 4.69) is 20.1 Å². The van der Waals surface area contributed by atoms with E-state index in [1.165, 1.54) is 6.07 Å². The molecule has 0 bridgehead atoms. The smallest absolute Gasteiger partial charge is 0.299 e. The van der Waals surface area contributed by atoms with Gasteiger partial charge in [-0.05, 0) is 49.7 Å². The maximum Gasteiger partial charge on any atom is 0.416 e. The van der Waals surface area contributed by atoms with Gasteiger partial charge in [0.05, 0.1) is 5.56 Å². The Morgan fingerprint density at radius 3 is 2.62 bits per heavy atom. The van der Waals surface area contributed by atoms with Crippen LogP contribution in [0, 0.1) is 0 Å². The fraction of sp³-hybridized carbons (Fsp3) is 0.368. The van der Waals surface area contributed by atoms with Gasteiger partial charge in [-0.25, -0.2) is 4.98 Å². The first-order valence-corrected chi connectivity index (χ1v) is 8.69. The molecule has 0 saturated carbocycles. The van der Waals surface area contributed by atoms with Crippen molar-refractivity contribution in [1.82, 2.24) is 20.1 Å². The summed E-state index contributed by atoms with van der Waals surface area (Å²) in [7, 11) is 0. The van der Waals surface area contributed by atoms with Crippen LogP contribution >= 0.6 is 0 Å². The van der Waals surface area contributed by atoms with Crippen LogP contribution in [-0.2, 0) is 12.7 Å². The van der Waals surface area contributed by atoms with Gasteiger partial charge in [0.25, 0.3) is 0 Å². The van der Waals surface area contributed by atoms with Crippen LogP contribution in [0.5, 0.6) is 0 Å². The molecule has 0 atom stereocenters. The highest BCUT2D eigenvalue weighted by Crippen LogP contribution is 2.34. The molecule has 1 saturated heterocycles. The highest BCUT2D eigenvalue weighted by Gasteiger charge is 2.33. The summed E-state index contributed by atoms with van der Waals surface area (Å²) in [4.78, 5) is 6.34. The largest absolute Gasteiger partial charge is 0.416 e. The van der Waals surface area contributed by atoms with E-state index in [1.807, 2.05) is 12.1 Å². The second-order valence-electron chi connectivity index (χ2n) is 6.72. The number of benzene rings is 1. The number of fused-ring (bicyclic) bond motifs is 1. The average Bonchev–Trinajstić information content (AvgIpc) is 3.06. The lowest BCUT2D eigenvalue weighted by atomic mass is 9.91. The molecular weight excluding hydrogens is 341 g/mol. The second-order valence-corrected chi connectivity index (χ2v) is 6.72. The first-order valence-electron chi connectivity index (χ1n) is 8.69.